The van der Waals surface area contributed by atoms with Crippen molar-refractivity contribution in [3.63, 3.8) is 0 Å². The Morgan fingerprint density at radius 2 is 2.06 bits per heavy atom. The Morgan fingerprint density at radius 3 is 2.74 bits per heavy atom. The number of amides is 1. The Hall–Kier alpha value is -2.72. The summed E-state index contributed by atoms with van der Waals surface area (Å²) in [4.78, 5) is 26.3. The van der Waals surface area contributed by atoms with Crippen molar-refractivity contribution in [1.29, 1.82) is 0 Å². The Morgan fingerprint density at radius 1 is 1.29 bits per heavy atom. The van der Waals surface area contributed by atoms with Crippen LogP contribution in [-0.2, 0) is 4.79 Å². The predicted octanol–water partition coefficient (Wildman–Crippen LogP) is 2.96. The van der Waals surface area contributed by atoms with Crippen LogP contribution in [0.4, 0.5) is 17.6 Å². The number of anilines is 3. The molecule has 0 aliphatic carbocycles. The predicted molar refractivity (Wildman–Crippen MR) is 123 cm³/mol. The molecule has 1 amide bonds. The number of H-pyrrole nitrogens is 1. The van der Waals surface area contributed by atoms with Gasteiger partial charge in [0.2, 0.25) is 11.9 Å². The number of carbonyl (C=O) groups is 1. The van der Waals surface area contributed by atoms with Crippen molar-refractivity contribution in [3.05, 3.63) is 23.2 Å². The van der Waals surface area contributed by atoms with Crippen LogP contribution in [0.2, 0.25) is 0 Å². The first-order valence-corrected chi connectivity index (χ1v) is 11.6. The molecular formula is C21H28N8OS. The minimum Gasteiger partial charge on any atom is -0.351 e. The molecule has 3 aromatic rings. The number of hydrogen-bond acceptors (Lipinski definition) is 8. The monoisotopic (exact) mass is 440 g/mol. The molecule has 2 saturated heterocycles. The Labute approximate surface area is 185 Å². The zero-order chi connectivity index (χ0) is 21.5. The van der Waals surface area contributed by atoms with Crippen molar-refractivity contribution in [3.8, 4) is 0 Å². The molecule has 9 nitrogen and oxygen atoms in total. The first-order chi connectivity index (χ1) is 15.0. The Bertz CT molecular complexity index is 1080. The summed E-state index contributed by atoms with van der Waals surface area (Å²) in [7, 11) is 3.89. The molecule has 2 aliphatic rings. The molecule has 10 heteroatoms. The molecule has 2 fully saturated rings. The number of nitrogens with zero attached hydrogens (tertiary/aromatic N) is 5. The minimum absolute atomic E-state index is 0.243. The smallest absolute Gasteiger partial charge is 0.237 e. The first-order valence-electron chi connectivity index (χ1n) is 10.7. The number of thiophene rings is 1. The lowest BCUT2D eigenvalue weighted by molar-refractivity contribution is -0.136. The fourth-order valence-electron chi connectivity index (χ4n) is 4.85. The number of rotatable bonds is 6. The van der Waals surface area contributed by atoms with E-state index in [-0.39, 0.29) is 11.9 Å². The summed E-state index contributed by atoms with van der Waals surface area (Å²) in [6.07, 6.45) is 4.03. The number of piperidine rings is 1. The van der Waals surface area contributed by atoms with Gasteiger partial charge in [0.05, 0.1) is 16.8 Å². The van der Waals surface area contributed by atoms with E-state index < -0.39 is 0 Å². The maximum Gasteiger partial charge on any atom is 0.237 e. The maximum absolute atomic E-state index is 12.7. The van der Waals surface area contributed by atoms with Gasteiger partial charge in [-0.25, -0.2) is 4.98 Å². The van der Waals surface area contributed by atoms with E-state index in [0.29, 0.717) is 24.6 Å². The van der Waals surface area contributed by atoms with E-state index in [1.165, 1.54) is 0 Å². The molecule has 5 rings (SSSR count). The number of aromatic amines is 1. The number of hydrogen-bond donors (Lipinski definition) is 3. The van der Waals surface area contributed by atoms with Crippen LogP contribution in [0.25, 0.3) is 10.2 Å². The molecule has 5 heterocycles. The van der Waals surface area contributed by atoms with Crippen molar-refractivity contribution < 1.29 is 4.79 Å². The van der Waals surface area contributed by atoms with E-state index >= 15 is 0 Å². The van der Waals surface area contributed by atoms with E-state index in [4.69, 9.17) is 9.97 Å². The molecular weight excluding hydrogens is 412 g/mol. The van der Waals surface area contributed by atoms with Gasteiger partial charge in [-0.2, -0.15) is 10.1 Å². The summed E-state index contributed by atoms with van der Waals surface area (Å²) < 4.78 is 1.01. The quantitative estimate of drug-likeness (QED) is 0.542. The molecule has 2 aliphatic heterocycles. The molecule has 3 atom stereocenters. The Kier molecular flexibility index (Phi) is 5.27. The van der Waals surface area contributed by atoms with E-state index in [1.807, 2.05) is 43.4 Å². The van der Waals surface area contributed by atoms with Gasteiger partial charge >= 0.3 is 0 Å². The number of carbonyl (C=O) groups excluding carboxylic acids is 1. The van der Waals surface area contributed by atoms with Crippen LogP contribution in [0.3, 0.4) is 0 Å². The van der Waals surface area contributed by atoms with Gasteiger partial charge in [0, 0.05) is 29.9 Å². The summed E-state index contributed by atoms with van der Waals surface area (Å²) in [5.74, 6) is 2.36. The number of likely N-dealkylation sites (N-methyl/N-ethyl adjacent to an activating group) is 1. The lowest BCUT2D eigenvalue weighted by Gasteiger charge is -2.39. The van der Waals surface area contributed by atoms with Crippen LogP contribution >= 0.6 is 11.3 Å². The van der Waals surface area contributed by atoms with Crippen molar-refractivity contribution in [1.82, 2.24) is 30.0 Å². The van der Waals surface area contributed by atoms with Crippen LogP contribution in [0.15, 0.2) is 17.5 Å². The van der Waals surface area contributed by atoms with Crippen LogP contribution in [0.1, 0.15) is 31.4 Å². The van der Waals surface area contributed by atoms with Crippen molar-refractivity contribution in [2.75, 3.05) is 31.3 Å². The molecule has 0 aromatic carbocycles. The van der Waals surface area contributed by atoms with E-state index in [9.17, 15) is 4.79 Å². The highest BCUT2D eigenvalue weighted by atomic mass is 32.1. The molecule has 31 heavy (non-hydrogen) atoms. The highest BCUT2D eigenvalue weighted by molar-refractivity contribution is 7.17. The third-order valence-electron chi connectivity index (χ3n) is 6.06. The minimum atomic E-state index is 0.243. The van der Waals surface area contributed by atoms with Gasteiger partial charge in [-0.15, -0.1) is 11.3 Å². The van der Waals surface area contributed by atoms with E-state index in [1.54, 1.807) is 11.3 Å². The summed E-state index contributed by atoms with van der Waals surface area (Å²) in [5.41, 5.74) is 1.90. The molecule has 0 spiro atoms. The van der Waals surface area contributed by atoms with Crippen molar-refractivity contribution in [2.24, 2.45) is 0 Å². The summed E-state index contributed by atoms with van der Waals surface area (Å²) in [6, 6.07) is 4.83. The second-order valence-corrected chi connectivity index (χ2v) is 9.74. The number of fused-ring (bicyclic) bond motifs is 3. The third-order valence-corrected chi connectivity index (χ3v) is 6.97. The van der Waals surface area contributed by atoms with Crippen molar-refractivity contribution in [2.45, 2.75) is 50.7 Å². The van der Waals surface area contributed by atoms with Gasteiger partial charge in [0.25, 0.3) is 0 Å². The fraction of sp³-hybridized carbons (Fsp3) is 0.524. The highest BCUT2D eigenvalue weighted by Gasteiger charge is 2.43. The van der Waals surface area contributed by atoms with Crippen LogP contribution < -0.4 is 10.6 Å². The molecule has 3 aromatic heterocycles. The zero-order valence-corrected chi connectivity index (χ0v) is 18.9. The van der Waals surface area contributed by atoms with Crippen molar-refractivity contribution >= 4 is 45.0 Å². The van der Waals surface area contributed by atoms with Gasteiger partial charge in [-0.3, -0.25) is 9.89 Å². The zero-order valence-electron chi connectivity index (χ0n) is 18.1. The van der Waals surface area contributed by atoms with Crippen LogP contribution in [0, 0.1) is 6.92 Å². The highest BCUT2D eigenvalue weighted by Crippen LogP contribution is 2.37. The lowest BCUT2D eigenvalue weighted by atomic mass is 9.97. The average Bonchev–Trinajstić information content (AvgIpc) is 3.40. The molecule has 0 radical (unpaired) electrons. The maximum atomic E-state index is 12.7. The third kappa shape index (κ3) is 4.09. The topological polar surface area (TPSA) is 102 Å². The van der Waals surface area contributed by atoms with Crippen LogP contribution in [0.5, 0.6) is 0 Å². The second kappa shape index (κ2) is 8.08. The standard InChI is InChI=1S/C21H28N8OS/c1-12-8-17(27-26-12)24-20-19-16(6-7-31-19)23-21(25-20)22-13-9-14-4-5-15(10-13)29(14)18(30)11-28(2)3/h6-8,13-15H,4-5,9-11H2,1-3H3,(H3,22,23,24,25,26,27)/t13-,14+,15-. The summed E-state index contributed by atoms with van der Waals surface area (Å²) >= 11 is 1.61. The van der Waals surface area contributed by atoms with E-state index in [2.05, 4.69) is 25.7 Å². The van der Waals surface area contributed by atoms with Gasteiger partial charge in [-0.1, -0.05) is 0 Å². The number of aromatic nitrogens is 4. The molecule has 0 unspecified atom stereocenters. The number of aryl methyl sites for hydroxylation is 1. The second-order valence-electron chi connectivity index (χ2n) is 8.83. The largest absolute Gasteiger partial charge is 0.351 e. The van der Waals surface area contributed by atoms with Crippen LogP contribution in [-0.4, -0.2) is 74.6 Å². The molecule has 2 bridgehead atoms. The summed E-state index contributed by atoms with van der Waals surface area (Å²) in [5, 5.41) is 16.1. The van der Waals surface area contributed by atoms with E-state index in [0.717, 1.165) is 53.2 Å². The Balaban J connectivity index is 1.33. The fourth-order valence-corrected chi connectivity index (χ4v) is 5.63. The molecule has 3 N–H and O–H groups in total. The number of nitrogens with one attached hydrogen (secondary N) is 3. The van der Waals surface area contributed by atoms with Gasteiger partial charge < -0.3 is 20.4 Å². The lowest BCUT2D eigenvalue weighted by Crippen LogP contribution is -2.52. The average molecular weight is 441 g/mol. The van der Waals surface area contributed by atoms with Gasteiger partial charge in [0.15, 0.2) is 11.6 Å². The molecule has 164 valence electrons. The normalized spacial score (nSPS) is 23.0. The summed E-state index contributed by atoms with van der Waals surface area (Å²) in [6.45, 7) is 2.44. The first kappa shape index (κ1) is 20.2. The van der Waals surface area contributed by atoms with Gasteiger partial charge in [0.1, 0.15) is 0 Å². The molecule has 0 saturated carbocycles. The SMILES string of the molecule is Cc1cc(Nc2nc(N[C@H]3C[C@H]4CC[C@@H](C3)N4C(=O)CN(C)C)nc3ccsc23)n[nH]1. The van der Waals surface area contributed by atoms with Gasteiger partial charge in [-0.05, 0) is 58.1 Å².